The number of anilines is 1. The Morgan fingerprint density at radius 1 is 1.20 bits per heavy atom. The molecule has 6 nitrogen and oxygen atoms in total. The van der Waals surface area contributed by atoms with Gasteiger partial charge in [0, 0.05) is 22.4 Å². The molecular formula is C16H10ClFN2O4S. The number of carbonyl (C=O) groups is 2. The lowest BCUT2D eigenvalue weighted by molar-refractivity contribution is -0.387. The van der Waals surface area contributed by atoms with E-state index in [0.29, 0.717) is 5.02 Å². The van der Waals surface area contributed by atoms with Gasteiger partial charge in [-0.1, -0.05) is 11.6 Å². The highest BCUT2D eigenvalue weighted by molar-refractivity contribution is 8.00. The Morgan fingerprint density at radius 2 is 1.88 bits per heavy atom. The van der Waals surface area contributed by atoms with E-state index in [1.807, 2.05) is 0 Å². The molecule has 0 bridgehead atoms. The van der Waals surface area contributed by atoms with Gasteiger partial charge in [-0.3, -0.25) is 19.7 Å². The number of nitro benzene ring substituents is 1. The molecule has 1 fully saturated rings. The van der Waals surface area contributed by atoms with E-state index >= 15 is 0 Å². The quantitative estimate of drug-likeness (QED) is 0.457. The van der Waals surface area contributed by atoms with E-state index in [1.54, 1.807) is 24.3 Å². The van der Waals surface area contributed by atoms with E-state index in [2.05, 4.69) is 0 Å². The van der Waals surface area contributed by atoms with Gasteiger partial charge in [0.15, 0.2) is 0 Å². The van der Waals surface area contributed by atoms with Gasteiger partial charge in [0.1, 0.15) is 0 Å². The van der Waals surface area contributed by atoms with Gasteiger partial charge in [-0.2, -0.15) is 4.39 Å². The van der Waals surface area contributed by atoms with Gasteiger partial charge in [0.05, 0.1) is 15.9 Å². The summed E-state index contributed by atoms with van der Waals surface area (Å²) in [4.78, 5) is 36.3. The van der Waals surface area contributed by atoms with Gasteiger partial charge >= 0.3 is 5.69 Å². The van der Waals surface area contributed by atoms with Crippen LogP contribution in [0.1, 0.15) is 6.42 Å². The van der Waals surface area contributed by atoms with Crippen molar-refractivity contribution < 1.29 is 18.9 Å². The van der Waals surface area contributed by atoms with Crippen LogP contribution in [0.15, 0.2) is 47.4 Å². The maximum atomic E-state index is 13.5. The van der Waals surface area contributed by atoms with Gasteiger partial charge in [0.2, 0.25) is 17.6 Å². The Bertz CT molecular complexity index is 875. The molecule has 3 rings (SSSR count). The fourth-order valence-corrected chi connectivity index (χ4v) is 3.60. The molecule has 0 aromatic heterocycles. The molecule has 9 heteroatoms. The topological polar surface area (TPSA) is 80.5 Å². The number of thioether (sulfide) groups is 1. The third-order valence-electron chi connectivity index (χ3n) is 3.58. The van der Waals surface area contributed by atoms with Gasteiger partial charge in [-0.25, -0.2) is 4.90 Å². The Kier molecular flexibility index (Phi) is 4.73. The number of hydrogen-bond donors (Lipinski definition) is 0. The van der Waals surface area contributed by atoms with Crippen LogP contribution in [0.5, 0.6) is 0 Å². The largest absolute Gasteiger partial charge is 0.306 e. The summed E-state index contributed by atoms with van der Waals surface area (Å²) in [5, 5.41) is 10.7. The summed E-state index contributed by atoms with van der Waals surface area (Å²) in [6, 6.07) is 9.74. The second-order valence-corrected chi connectivity index (χ2v) is 6.94. The maximum Gasteiger partial charge on any atom is 0.306 e. The van der Waals surface area contributed by atoms with Crippen LogP contribution in [0, 0.1) is 15.9 Å². The zero-order valence-corrected chi connectivity index (χ0v) is 14.1. The summed E-state index contributed by atoms with van der Waals surface area (Å²) < 4.78 is 13.5. The summed E-state index contributed by atoms with van der Waals surface area (Å²) >= 11 is 7.02. The van der Waals surface area contributed by atoms with Crippen LogP contribution in [-0.4, -0.2) is 22.0 Å². The molecule has 25 heavy (non-hydrogen) atoms. The molecule has 2 amide bonds. The number of imide groups is 1. The minimum absolute atomic E-state index is 0.0118. The predicted molar refractivity (Wildman–Crippen MR) is 91.3 cm³/mol. The molecule has 1 unspecified atom stereocenters. The first-order chi connectivity index (χ1) is 11.9. The molecule has 0 spiro atoms. The highest BCUT2D eigenvalue weighted by Gasteiger charge is 2.40. The van der Waals surface area contributed by atoms with Crippen LogP contribution in [0.3, 0.4) is 0 Å². The molecule has 128 valence electrons. The van der Waals surface area contributed by atoms with Crippen LogP contribution < -0.4 is 4.90 Å². The molecule has 2 aromatic rings. The first-order valence-electron chi connectivity index (χ1n) is 7.10. The van der Waals surface area contributed by atoms with Crippen LogP contribution >= 0.6 is 23.4 Å². The summed E-state index contributed by atoms with van der Waals surface area (Å²) in [5.41, 5.74) is -0.797. The lowest BCUT2D eigenvalue weighted by Gasteiger charge is -2.15. The molecule has 1 saturated heterocycles. The van der Waals surface area contributed by atoms with Crippen LogP contribution in [0.4, 0.5) is 15.8 Å². The summed E-state index contributed by atoms with van der Waals surface area (Å²) in [6.07, 6.45) is -0.0443. The van der Waals surface area contributed by atoms with Crippen molar-refractivity contribution >= 4 is 46.6 Å². The molecule has 1 heterocycles. The Balaban J connectivity index is 1.85. The van der Waals surface area contributed by atoms with Crippen molar-refractivity contribution in [3.8, 4) is 0 Å². The maximum absolute atomic E-state index is 13.5. The van der Waals surface area contributed by atoms with Crippen molar-refractivity contribution in [3.05, 3.63) is 63.4 Å². The average molecular weight is 381 g/mol. The first-order valence-corrected chi connectivity index (χ1v) is 8.35. The molecule has 1 atom stereocenters. The Morgan fingerprint density at radius 3 is 2.52 bits per heavy atom. The fraction of sp³-hybridized carbons (Fsp3) is 0.125. The number of nitro groups is 1. The van der Waals surface area contributed by atoms with Crippen LogP contribution in [0.2, 0.25) is 5.02 Å². The molecule has 0 aliphatic carbocycles. The van der Waals surface area contributed by atoms with E-state index in [-0.39, 0.29) is 12.1 Å². The predicted octanol–water partition coefficient (Wildman–Crippen LogP) is 3.81. The molecule has 0 radical (unpaired) electrons. The Labute approximate surface area is 150 Å². The zero-order valence-electron chi connectivity index (χ0n) is 12.5. The van der Waals surface area contributed by atoms with Gasteiger partial charge in [-0.05, 0) is 36.4 Å². The molecule has 1 aliphatic heterocycles. The number of nitrogens with zero attached hydrogens (tertiary/aromatic N) is 2. The van der Waals surface area contributed by atoms with Crippen molar-refractivity contribution in [2.45, 2.75) is 16.6 Å². The van der Waals surface area contributed by atoms with Gasteiger partial charge in [0.25, 0.3) is 0 Å². The smallest absolute Gasteiger partial charge is 0.274 e. The highest BCUT2D eigenvalue weighted by atomic mass is 35.5. The third kappa shape index (κ3) is 3.49. The standard InChI is InChI=1S/C16H10ClFN2O4S/c17-9-1-4-11(5-2-9)25-14-8-15(21)19(16(14)22)10-3-6-12(18)13(7-10)20(23)24/h1-7,14H,8H2. The van der Waals surface area contributed by atoms with Crippen LogP contribution in [0.25, 0.3) is 0 Å². The molecule has 0 N–H and O–H groups in total. The second kappa shape index (κ2) is 6.81. The molecule has 1 aliphatic rings. The van der Waals surface area contributed by atoms with E-state index < -0.39 is 33.5 Å². The van der Waals surface area contributed by atoms with E-state index in [0.717, 1.165) is 21.9 Å². The van der Waals surface area contributed by atoms with E-state index in [4.69, 9.17) is 11.6 Å². The molecular weight excluding hydrogens is 371 g/mol. The average Bonchev–Trinajstić information content (AvgIpc) is 2.84. The lowest BCUT2D eigenvalue weighted by atomic mass is 10.2. The number of halogens is 2. The second-order valence-electron chi connectivity index (χ2n) is 5.22. The van der Waals surface area contributed by atoms with Crippen molar-refractivity contribution in [1.29, 1.82) is 0 Å². The number of benzene rings is 2. The Hall–Kier alpha value is -2.45. The van der Waals surface area contributed by atoms with Gasteiger partial charge in [-0.15, -0.1) is 11.8 Å². The first kappa shape index (κ1) is 17.4. The third-order valence-corrected chi connectivity index (χ3v) is 5.03. The van der Waals surface area contributed by atoms with Crippen molar-refractivity contribution in [1.82, 2.24) is 0 Å². The monoisotopic (exact) mass is 380 g/mol. The minimum atomic E-state index is -1.03. The molecule has 2 aromatic carbocycles. The number of amides is 2. The number of hydrogen-bond acceptors (Lipinski definition) is 5. The van der Waals surface area contributed by atoms with Crippen molar-refractivity contribution in [2.24, 2.45) is 0 Å². The fourth-order valence-electron chi connectivity index (χ4n) is 2.42. The van der Waals surface area contributed by atoms with Crippen molar-refractivity contribution in [3.63, 3.8) is 0 Å². The van der Waals surface area contributed by atoms with Gasteiger partial charge < -0.3 is 0 Å². The summed E-state index contributed by atoms with van der Waals surface area (Å²) in [5.74, 6) is -2.01. The van der Waals surface area contributed by atoms with Crippen molar-refractivity contribution in [2.75, 3.05) is 4.90 Å². The van der Waals surface area contributed by atoms with Crippen LogP contribution in [-0.2, 0) is 9.59 Å². The minimum Gasteiger partial charge on any atom is -0.274 e. The summed E-state index contributed by atoms with van der Waals surface area (Å²) in [6.45, 7) is 0. The normalized spacial score (nSPS) is 17.2. The number of carbonyl (C=O) groups excluding carboxylic acids is 2. The molecule has 0 saturated carbocycles. The van der Waals surface area contributed by atoms with E-state index in [9.17, 15) is 24.1 Å². The highest BCUT2D eigenvalue weighted by Crippen LogP contribution is 2.35. The lowest BCUT2D eigenvalue weighted by Crippen LogP contribution is -2.31. The SMILES string of the molecule is O=C1CC(Sc2ccc(Cl)cc2)C(=O)N1c1ccc(F)c([N+](=O)[O-])c1. The van der Waals surface area contributed by atoms with E-state index in [1.165, 1.54) is 17.8 Å². The number of rotatable bonds is 4. The zero-order chi connectivity index (χ0) is 18.1. The summed E-state index contributed by atoms with van der Waals surface area (Å²) in [7, 11) is 0.